The van der Waals surface area contributed by atoms with Gasteiger partial charge in [-0.25, -0.2) is 4.79 Å². The van der Waals surface area contributed by atoms with Crippen LogP contribution in [0.3, 0.4) is 0 Å². The number of nitrogens with zero attached hydrogens (tertiary/aromatic N) is 2. The van der Waals surface area contributed by atoms with Gasteiger partial charge in [0.15, 0.2) is 0 Å². The molecule has 3 unspecified atom stereocenters. The molecule has 0 radical (unpaired) electrons. The lowest BCUT2D eigenvalue weighted by atomic mass is 9.71. The number of allylic oxidation sites excluding steroid dienone is 1. The van der Waals surface area contributed by atoms with E-state index in [2.05, 4.69) is 5.32 Å². The molecule has 1 aliphatic rings. The number of ether oxygens (including phenoxy) is 1. The van der Waals surface area contributed by atoms with Gasteiger partial charge in [0.2, 0.25) is 0 Å². The quantitative estimate of drug-likeness (QED) is 0.316. The number of nitrogens with one attached hydrogen (secondary N) is 1. The Balaban J connectivity index is 2.10. The fourth-order valence-electron chi connectivity index (χ4n) is 4.91. The molecule has 186 valence electrons. The third-order valence-electron chi connectivity index (χ3n) is 6.62. The summed E-state index contributed by atoms with van der Waals surface area (Å²) in [5, 5.41) is 25.0. The third-order valence-corrected chi connectivity index (χ3v) is 6.62. The maximum absolute atomic E-state index is 13.0. The van der Waals surface area contributed by atoms with Crippen molar-refractivity contribution in [3.05, 3.63) is 87.1 Å². The molecule has 0 saturated carbocycles. The Hall–Kier alpha value is -3.72. The summed E-state index contributed by atoms with van der Waals surface area (Å²) in [6.45, 7) is 5.84. The minimum absolute atomic E-state index is 0.0920. The number of rotatable bonds is 9. The summed E-state index contributed by atoms with van der Waals surface area (Å²) in [7, 11) is 1.84. The molecule has 3 atom stereocenters. The molecule has 1 aliphatic heterocycles. The Bertz CT molecular complexity index is 1130. The highest BCUT2D eigenvalue weighted by Crippen LogP contribution is 2.41. The van der Waals surface area contributed by atoms with E-state index in [9.17, 15) is 24.8 Å². The number of carboxylic acids is 1. The van der Waals surface area contributed by atoms with Crippen molar-refractivity contribution in [3.63, 3.8) is 0 Å². The molecular weight excluding hydrogens is 450 g/mol. The molecule has 2 aromatic carbocycles. The molecule has 0 aliphatic carbocycles. The maximum Gasteiger partial charge on any atom is 0.336 e. The molecule has 35 heavy (non-hydrogen) atoms. The third kappa shape index (κ3) is 5.51. The van der Waals surface area contributed by atoms with Gasteiger partial charge in [0.25, 0.3) is 5.69 Å². The van der Waals surface area contributed by atoms with E-state index in [1.807, 2.05) is 42.3 Å². The van der Waals surface area contributed by atoms with Crippen LogP contribution in [-0.2, 0) is 27.3 Å². The first-order chi connectivity index (χ1) is 16.6. The van der Waals surface area contributed by atoms with Crippen LogP contribution in [0.5, 0.6) is 0 Å². The largest absolute Gasteiger partial charge is 0.481 e. The fraction of sp³-hybridized carbons (Fsp3) is 0.385. The second kappa shape index (κ2) is 10.7. The van der Waals surface area contributed by atoms with Crippen molar-refractivity contribution in [1.82, 2.24) is 10.2 Å². The number of hydrogen-bond acceptors (Lipinski definition) is 7. The monoisotopic (exact) mass is 481 g/mol. The molecule has 3 rings (SSSR count). The summed E-state index contributed by atoms with van der Waals surface area (Å²) in [6, 6.07) is 15.8. The Labute approximate surface area is 204 Å². The molecule has 9 nitrogen and oxygen atoms in total. The fourth-order valence-corrected chi connectivity index (χ4v) is 4.91. The molecule has 0 amide bonds. The van der Waals surface area contributed by atoms with Crippen molar-refractivity contribution >= 4 is 17.6 Å². The van der Waals surface area contributed by atoms with Crippen molar-refractivity contribution in [2.24, 2.45) is 11.8 Å². The zero-order valence-electron chi connectivity index (χ0n) is 20.4. The zero-order chi connectivity index (χ0) is 25.8. The van der Waals surface area contributed by atoms with Gasteiger partial charge in [-0.1, -0.05) is 42.5 Å². The normalized spacial score (nSPS) is 22.0. The van der Waals surface area contributed by atoms with E-state index in [0.29, 0.717) is 17.8 Å². The molecule has 0 spiro atoms. The van der Waals surface area contributed by atoms with Crippen LogP contribution < -0.4 is 5.32 Å². The number of nitro groups is 1. The summed E-state index contributed by atoms with van der Waals surface area (Å²) in [5.41, 5.74) is 1.20. The van der Waals surface area contributed by atoms with Crippen LogP contribution in [0, 0.1) is 22.0 Å². The topological polar surface area (TPSA) is 122 Å². The summed E-state index contributed by atoms with van der Waals surface area (Å²) >= 11 is 0. The minimum Gasteiger partial charge on any atom is -0.481 e. The lowest BCUT2D eigenvalue weighted by Crippen LogP contribution is -2.66. The number of carbonyl (C=O) groups is 2. The molecule has 1 heterocycles. The van der Waals surface area contributed by atoms with Crippen molar-refractivity contribution in [2.75, 3.05) is 13.7 Å². The van der Waals surface area contributed by atoms with E-state index in [-0.39, 0.29) is 24.3 Å². The van der Waals surface area contributed by atoms with Gasteiger partial charge in [-0.15, -0.1) is 0 Å². The van der Waals surface area contributed by atoms with Crippen molar-refractivity contribution < 1.29 is 24.4 Å². The summed E-state index contributed by atoms with van der Waals surface area (Å²) in [4.78, 5) is 38.5. The van der Waals surface area contributed by atoms with E-state index >= 15 is 0 Å². The Morgan fingerprint density at radius 1 is 1.17 bits per heavy atom. The van der Waals surface area contributed by atoms with E-state index < -0.39 is 34.4 Å². The number of carboxylic acid groups (broad SMARTS) is 1. The van der Waals surface area contributed by atoms with Gasteiger partial charge in [-0.05, 0) is 45.4 Å². The van der Waals surface area contributed by atoms with E-state index in [4.69, 9.17) is 4.74 Å². The summed E-state index contributed by atoms with van der Waals surface area (Å²) in [6.07, 6.45) is 0.126. The Kier molecular flexibility index (Phi) is 7.91. The van der Waals surface area contributed by atoms with E-state index in [1.54, 1.807) is 32.9 Å². The highest BCUT2D eigenvalue weighted by Gasteiger charge is 2.53. The van der Waals surface area contributed by atoms with Gasteiger partial charge < -0.3 is 15.2 Å². The molecule has 0 saturated heterocycles. The van der Waals surface area contributed by atoms with Crippen molar-refractivity contribution in [3.8, 4) is 0 Å². The van der Waals surface area contributed by atoms with E-state index in [0.717, 1.165) is 5.56 Å². The number of hydrogen-bond donors (Lipinski definition) is 2. The first kappa shape index (κ1) is 25.9. The molecule has 2 N–H and O–H groups in total. The highest BCUT2D eigenvalue weighted by atomic mass is 16.6. The molecule has 0 fully saturated rings. The van der Waals surface area contributed by atoms with Gasteiger partial charge >= 0.3 is 11.9 Å². The predicted octanol–water partition coefficient (Wildman–Crippen LogP) is 3.74. The average molecular weight is 482 g/mol. The SMILES string of the molecule is CCOC(=O)C1=C(C)NC(C)(N(C)Cc2ccccc2)C(C(=O)O)C1Cc1cccc([N+](=O)[O-])c1. The number of aliphatic carboxylic acids is 1. The van der Waals surface area contributed by atoms with Crippen LogP contribution in [0.25, 0.3) is 0 Å². The number of esters is 1. The van der Waals surface area contributed by atoms with Gasteiger partial charge in [0.05, 0.1) is 17.1 Å². The first-order valence-corrected chi connectivity index (χ1v) is 11.5. The van der Waals surface area contributed by atoms with Gasteiger partial charge in [0, 0.05) is 30.3 Å². The second-order valence-corrected chi connectivity index (χ2v) is 8.93. The van der Waals surface area contributed by atoms with Gasteiger partial charge in [0.1, 0.15) is 11.6 Å². The number of nitro benzene ring substituents is 1. The average Bonchev–Trinajstić information content (AvgIpc) is 2.79. The predicted molar refractivity (Wildman–Crippen MR) is 130 cm³/mol. The second-order valence-electron chi connectivity index (χ2n) is 8.93. The standard InChI is InChI=1S/C26H31N3O6/c1-5-35-25(32)22-17(2)27-26(3,28(4)16-18-10-7-6-8-11-18)23(24(30)31)21(22)15-19-12-9-13-20(14-19)29(33)34/h6-14,21,23,27H,5,15-16H2,1-4H3,(H,30,31). The van der Waals surface area contributed by atoms with Gasteiger partial charge in [-0.3, -0.25) is 19.8 Å². The molecule has 0 aromatic heterocycles. The molecule has 2 aromatic rings. The molecular formula is C26H31N3O6. The van der Waals surface area contributed by atoms with E-state index in [1.165, 1.54) is 12.1 Å². The van der Waals surface area contributed by atoms with Crippen LogP contribution in [0.2, 0.25) is 0 Å². The number of non-ortho nitro benzene ring substituents is 1. The number of benzene rings is 2. The van der Waals surface area contributed by atoms with Crippen molar-refractivity contribution in [1.29, 1.82) is 0 Å². The van der Waals surface area contributed by atoms with Crippen LogP contribution in [0.15, 0.2) is 65.9 Å². The lowest BCUT2D eigenvalue weighted by molar-refractivity contribution is -0.384. The molecule has 9 heteroatoms. The zero-order valence-corrected chi connectivity index (χ0v) is 20.4. The first-order valence-electron chi connectivity index (χ1n) is 11.5. The van der Waals surface area contributed by atoms with Crippen molar-refractivity contribution in [2.45, 2.75) is 39.4 Å². The highest BCUT2D eigenvalue weighted by molar-refractivity contribution is 5.92. The summed E-state index contributed by atoms with van der Waals surface area (Å²) in [5.74, 6) is -3.51. The number of carbonyl (C=O) groups excluding carboxylic acids is 1. The minimum atomic E-state index is -1.08. The summed E-state index contributed by atoms with van der Waals surface area (Å²) < 4.78 is 5.28. The van der Waals surface area contributed by atoms with Crippen LogP contribution in [0.4, 0.5) is 5.69 Å². The molecule has 0 bridgehead atoms. The van der Waals surface area contributed by atoms with Crippen LogP contribution in [0.1, 0.15) is 31.9 Å². The smallest absolute Gasteiger partial charge is 0.336 e. The lowest BCUT2D eigenvalue weighted by Gasteiger charge is -2.50. The van der Waals surface area contributed by atoms with Crippen LogP contribution in [-0.4, -0.2) is 46.2 Å². The Morgan fingerprint density at radius 3 is 2.43 bits per heavy atom. The Morgan fingerprint density at radius 2 is 1.83 bits per heavy atom. The maximum atomic E-state index is 13.0. The van der Waals surface area contributed by atoms with Gasteiger partial charge in [-0.2, -0.15) is 0 Å². The van der Waals surface area contributed by atoms with Crippen LogP contribution >= 0.6 is 0 Å².